The molecular formula is C36H39ClFN7O3. The molecule has 0 spiro atoms. The number of carbonyl (C=O) groups is 2. The lowest BCUT2D eigenvalue weighted by molar-refractivity contribution is -0.119. The van der Waals surface area contributed by atoms with Gasteiger partial charge in [0.1, 0.15) is 5.69 Å². The van der Waals surface area contributed by atoms with E-state index >= 15 is 0 Å². The summed E-state index contributed by atoms with van der Waals surface area (Å²) in [7, 11) is 1.58. The van der Waals surface area contributed by atoms with E-state index in [9.17, 15) is 14.0 Å². The molecule has 6 rings (SSSR count). The van der Waals surface area contributed by atoms with Crippen molar-refractivity contribution in [2.24, 2.45) is 0 Å². The Morgan fingerprint density at radius 3 is 2.81 bits per heavy atom. The summed E-state index contributed by atoms with van der Waals surface area (Å²) in [6.07, 6.45) is 6.16. The number of hydrogen-bond acceptors (Lipinski definition) is 8. The van der Waals surface area contributed by atoms with Crippen LogP contribution in [0.25, 0.3) is 22.5 Å². The summed E-state index contributed by atoms with van der Waals surface area (Å²) in [6, 6.07) is 13.3. The van der Waals surface area contributed by atoms with Crippen LogP contribution >= 0.6 is 11.6 Å². The summed E-state index contributed by atoms with van der Waals surface area (Å²) in [5, 5.41) is 9.79. The highest BCUT2D eigenvalue weighted by atomic mass is 35.5. The van der Waals surface area contributed by atoms with E-state index in [2.05, 4.69) is 30.8 Å². The molecule has 2 amide bonds. The Labute approximate surface area is 284 Å². The van der Waals surface area contributed by atoms with Crippen LogP contribution in [0.2, 0.25) is 5.02 Å². The summed E-state index contributed by atoms with van der Waals surface area (Å²) in [5.41, 5.74) is 7.52. The standard InChI is InChI=1S/C36H39ClFN7O3/c1-22-27(5-3-6-29(22)43-35(47)31-17-23-12-16-45(15-4-13-38)21-25(23)19-41-31)34-33(37)28(11-14-40-34)30-9-7-24(36(44-30)48-2)18-39-20-26-8-10-32(46)42-26/h3,5-7,9,11,14,17,19,26,39H,4,8,10,12-13,15-16,18,20-21H2,1-2H3,(H,42,46)(H,43,47)/t26-/m0/s1. The second-order valence-electron chi connectivity index (χ2n) is 12.2. The third-order valence-corrected chi connectivity index (χ3v) is 9.32. The first kappa shape index (κ1) is 33.5. The zero-order chi connectivity index (χ0) is 33.6. The van der Waals surface area contributed by atoms with E-state index in [1.54, 1.807) is 19.5 Å². The zero-order valence-electron chi connectivity index (χ0n) is 27.1. The number of methoxy groups -OCH3 is 1. The monoisotopic (exact) mass is 671 g/mol. The van der Waals surface area contributed by atoms with Gasteiger partial charge < -0.3 is 20.7 Å². The Bertz CT molecular complexity index is 1820. The second-order valence-corrected chi connectivity index (χ2v) is 12.5. The van der Waals surface area contributed by atoms with Gasteiger partial charge in [0.05, 0.1) is 30.2 Å². The molecule has 2 aliphatic heterocycles. The number of amides is 2. The molecule has 0 saturated carbocycles. The Morgan fingerprint density at radius 2 is 2.02 bits per heavy atom. The SMILES string of the molecule is COc1nc(-c2ccnc(-c3cccc(NC(=O)c4cc5c(cn4)CN(CCCF)CC5)c3C)c2Cl)ccc1CNC[C@@H]1CCC(=O)N1. The van der Waals surface area contributed by atoms with Crippen molar-refractivity contribution in [1.29, 1.82) is 0 Å². The molecule has 48 heavy (non-hydrogen) atoms. The molecule has 12 heteroatoms. The Kier molecular flexibility index (Phi) is 10.6. The fourth-order valence-corrected chi connectivity index (χ4v) is 6.59. The van der Waals surface area contributed by atoms with Crippen LogP contribution in [-0.4, -0.2) is 71.1 Å². The van der Waals surface area contributed by atoms with Gasteiger partial charge in [-0.3, -0.25) is 28.8 Å². The van der Waals surface area contributed by atoms with E-state index in [-0.39, 0.29) is 24.5 Å². The number of nitrogens with zero attached hydrogens (tertiary/aromatic N) is 4. The second kappa shape index (κ2) is 15.2. The van der Waals surface area contributed by atoms with Gasteiger partial charge in [0.2, 0.25) is 11.8 Å². The molecular weight excluding hydrogens is 633 g/mol. The largest absolute Gasteiger partial charge is 0.481 e. The maximum absolute atomic E-state index is 13.3. The number of alkyl halides is 1. The number of fused-ring (bicyclic) bond motifs is 1. The van der Waals surface area contributed by atoms with Crippen LogP contribution < -0.4 is 20.7 Å². The van der Waals surface area contributed by atoms with Crippen LogP contribution in [0.5, 0.6) is 5.88 Å². The molecule has 5 heterocycles. The van der Waals surface area contributed by atoms with Crippen molar-refractivity contribution in [3.63, 3.8) is 0 Å². The van der Waals surface area contributed by atoms with Gasteiger partial charge in [-0.25, -0.2) is 4.98 Å². The van der Waals surface area contributed by atoms with Crippen LogP contribution in [0, 0.1) is 6.92 Å². The molecule has 1 fully saturated rings. The van der Waals surface area contributed by atoms with Crippen LogP contribution in [0.15, 0.2) is 54.9 Å². The fourth-order valence-electron chi connectivity index (χ4n) is 6.28. The Hall–Kier alpha value is -4.45. The van der Waals surface area contributed by atoms with Gasteiger partial charge in [-0.2, -0.15) is 0 Å². The van der Waals surface area contributed by atoms with Gasteiger partial charge in [-0.1, -0.05) is 29.8 Å². The van der Waals surface area contributed by atoms with Gasteiger partial charge in [0, 0.05) is 80.0 Å². The number of rotatable bonds is 12. The number of nitrogens with one attached hydrogen (secondary N) is 3. The summed E-state index contributed by atoms with van der Waals surface area (Å²) in [6.45, 7) is 5.07. The van der Waals surface area contributed by atoms with E-state index in [4.69, 9.17) is 21.3 Å². The maximum atomic E-state index is 13.3. The fraction of sp³-hybridized carbons (Fsp3) is 0.361. The first-order valence-electron chi connectivity index (χ1n) is 16.2. The number of aromatic nitrogens is 3. The highest BCUT2D eigenvalue weighted by Gasteiger charge is 2.22. The van der Waals surface area contributed by atoms with E-state index < -0.39 is 0 Å². The van der Waals surface area contributed by atoms with Crippen molar-refractivity contribution >= 4 is 29.1 Å². The average Bonchev–Trinajstić information content (AvgIpc) is 3.52. The van der Waals surface area contributed by atoms with Crippen molar-refractivity contribution in [2.75, 3.05) is 38.7 Å². The molecule has 0 bridgehead atoms. The molecule has 1 saturated heterocycles. The predicted octanol–water partition coefficient (Wildman–Crippen LogP) is 5.51. The van der Waals surface area contributed by atoms with Crippen molar-refractivity contribution in [2.45, 2.75) is 51.7 Å². The minimum absolute atomic E-state index is 0.0919. The van der Waals surface area contributed by atoms with E-state index in [1.165, 1.54) is 0 Å². The van der Waals surface area contributed by atoms with E-state index in [1.807, 2.05) is 49.4 Å². The molecule has 0 radical (unpaired) electrons. The summed E-state index contributed by atoms with van der Waals surface area (Å²) >= 11 is 7.00. The molecule has 3 N–H and O–H groups in total. The topological polar surface area (TPSA) is 121 Å². The van der Waals surface area contributed by atoms with Gasteiger partial charge >= 0.3 is 0 Å². The number of carbonyl (C=O) groups excluding carboxylic acids is 2. The molecule has 250 valence electrons. The Balaban J connectivity index is 1.17. The molecule has 0 aliphatic carbocycles. The molecule has 3 aromatic heterocycles. The van der Waals surface area contributed by atoms with Gasteiger partial charge in [0.15, 0.2) is 0 Å². The van der Waals surface area contributed by atoms with Crippen LogP contribution in [-0.2, 0) is 24.3 Å². The van der Waals surface area contributed by atoms with E-state index in [0.29, 0.717) is 78.3 Å². The van der Waals surface area contributed by atoms with Crippen LogP contribution in [0.4, 0.5) is 10.1 Å². The minimum atomic E-state index is -0.321. The summed E-state index contributed by atoms with van der Waals surface area (Å²) in [5.74, 6) is 0.273. The summed E-state index contributed by atoms with van der Waals surface area (Å²) < 4.78 is 18.2. The maximum Gasteiger partial charge on any atom is 0.274 e. The molecule has 10 nitrogen and oxygen atoms in total. The molecule has 2 aliphatic rings. The highest BCUT2D eigenvalue weighted by Crippen LogP contribution is 2.38. The highest BCUT2D eigenvalue weighted by molar-refractivity contribution is 6.35. The summed E-state index contributed by atoms with van der Waals surface area (Å²) in [4.78, 5) is 40.9. The average molecular weight is 672 g/mol. The first-order chi connectivity index (χ1) is 23.3. The number of ether oxygens (including phenoxy) is 1. The first-order valence-corrected chi connectivity index (χ1v) is 16.6. The number of halogens is 2. The van der Waals surface area contributed by atoms with Gasteiger partial charge in [0.25, 0.3) is 5.91 Å². The zero-order valence-corrected chi connectivity index (χ0v) is 27.9. The van der Waals surface area contributed by atoms with Crippen molar-refractivity contribution in [1.82, 2.24) is 30.5 Å². The van der Waals surface area contributed by atoms with Gasteiger partial charge in [-0.05, 0) is 67.1 Å². The van der Waals surface area contributed by atoms with E-state index in [0.717, 1.165) is 47.2 Å². The predicted molar refractivity (Wildman–Crippen MR) is 184 cm³/mol. The lowest BCUT2D eigenvalue weighted by atomic mass is 10.00. The van der Waals surface area contributed by atoms with Crippen molar-refractivity contribution in [3.05, 3.63) is 87.8 Å². The number of hydrogen-bond donors (Lipinski definition) is 3. The molecule has 1 atom stereocenters. The van der Waals surface area contributed by atoms with Crippen molar-refractivity contribution in [3.8, 4) is 28.4 Å². The lowest BCUT2D eigenvalue weighted by Crippen LogP contribution is -2.35. The molecule has 1 aromatic carbocycles. The quantitative estimate of drug-likeness (QED) is 0.180. The van der Waals surface area contributed by atoms with Crippen LogP contribution in [0.1, 0.15) is 52.0 Å². The van der Waals surface area contributed by atoms with Crippen LogP contribution in [0.3, 0.4) is 0 Å². The normalized spacial score (nSPS) is 16.0. The number of pyridine rings is 3. The van der Waals surface area contributed by atoms with Crippen molar-refractivity contribution < 1.29 is 18.7 Å². The lowest BCUT2D eigenvalue weighted by Gasteiger charge is -2.28. The molecule has 0 unspecified atom stereocenters. The third-order valence-electron chi connectivity index (χ3n) is 8.94. The Morgan fingerprint density at radius 1 is 1.15 bits per heavy atom. The smallest absolute Gasteiger partial charge is 0.274 e. The molecule has 4 aromatic rings. The van der Waals surface area contributed by atoms with Gasteiger partial charge in [-0.15, -0.1) is 0 Å². The number of benzene rings is 1. The minimum Gasteiger partial charge on any atom is -0.481 e. The third kappa shape index (κ3) is 7.48. The number of anilines is 1.